The number of anilines is 2. The van der Waals surface area contributed by atoms with Gasteiger partial charge in [0.05, 0.1) is 5.57 Å². The number of hydrogen-bond donors (Lipinski definition) is 2. The van der Waals surface area contributed by atoms with Crippen molar-refractivity contribution in [3.05, 3.63) is 102 Å². The van der Waals surface area contributed by atoms with E-state index >= 15 is 0 Å². The fraction of sp³-hybridized carbons (Fsp3) is 0.0833. The van der Waals surface area contributed by atoms with Crippen LogP contribution in [-0.4, -0.2) is 25.7 Å². The lowest BCUT2D eigenvalue weighted by Crippen LogP contribution is -2.31. The lowest BCUT2D eigenvalue weighted by molar-refractivity contribution is -0.113. The van der Waals surface area contributed by atoms with Gasteiger partial charge in [0.15, 0.2) is 5.82 Å². The zero-order valence-corrected chi connectivity index (χ0v) is 17.2. The van der Waals surface area contributed by atoms with E-state index < -0.39 is 6.04 Å². The largest absolute Gasteiger partial charge is 0.328 e. The molecule has 0 aliphatic carbocycles. The maximum Gasteiger partial charge on any atom is 0.257 e. The minimum absolute atomic E-state index is 0.328. The molecule has 0 saturated carbocycles. The van der Waals surface area contributed by atoms with Gasteiger partial charge in [0.1, 0.15) is 17.7 Å². The van der Waals surface area contributed by atoms with Gasteiger partial charge in [-0.2, -0.15) is 4.98 Å². The topological polar surface area (TPSA) is 84.7 Å². The van der Waals surface area contributed by atoms with E-state index in [0.717, 1.165) is 5.56 Å². The molecule has 8 heteroatoms. The van der Waals surface area contributed by atoms with Gasteiger partial charge in [-0.05, 0) is 36.8 Å². The number of carbonyl (C=O) groups excluding carboxylic acids is 1. The molecule has 0 fully saturated rings. The molecular weight excluding hydrogens is 407 g/mol. The van der Waals surface area contributed by atoms with Crippen LogP contribution in [0.3, 0.4) is 0 Å². The predicted octanol–water partition coefficient (Wildman–Crippen LogP) is 4.41. The molecule has 0 saturated heterocycles. The van der Waals surface area contributed by atoms with Crippen molar-refractivity contribution >= 4 is 17.7 Å². The van der Waals surface area contributed by atoms with Crippen molar-refractivity contribution in [2.24, 2.45) is 0 Å². The summed E-state index contributed by atoms with van der Waals surface area (Å²) < 4.78 is 15.3. The van der Waals surface area contributed by atoms with Crippen molar-refractivity contribution in [1.82, 2.24) is 19.7 Å². The molecular formula is C24H19FN6O. The molecule has 1 atom stereocenters. The van der Waals surface area contributed by atoms with Crippen molar-refractivity contribution in [3.63, 3.8) is 0 Å². The highest BCUT2D eigenvalue weighted by Crippen LogP contribution is 2.36. The summed E-state index contributed by atoms with van der Waals surface area (Å²) in [5, 5.41) is 10.7. The smallest absolute Gasteiger partial charge is 0.257 e. The Morgan fingerprint density at radius 3 is 2.50 bits per heavy atom. The van der Waals surface area contributed by atoms with Crippen molar-refractivity contribution in [3.8, 4) is 11.4 Å². The molecule has 2 aromatic carbocycles. The molecule has 3 heterocycles. The van der Waals surface area contributed by atoms with Crippen LogP contribution in [0.2, 0.25) is 0 Å². The summed E-state index contributed by atoms with van der Waals surface area (Å²) in [5.74, 6) is 0.784. The molecule has 2 aromatic heterocycles. The number of allylic oxidation sites excluding steroid dienone is 1. The highest BCUT2D eigenvalue weighted by atomic mass is 19.1. The van der Waals surface area contributed by atoms with Crippen LogP contribution in [0.15, 0.2) is 90.3 Å². The Bertz CT molecular complexity index is 1300. The minimum Gasteiger partial charge on any atom is -0.328 e. The summed E-state index contributed by atoms with van der Waals surface area (Å²) >= 11 is 0. The van der Waals surface area contributed by atoms with Crippen LogP contribution in [0.25, 0.3) is 11.4 Å². The SMILES string of the molecule is CC1=C(C(=O)Nc2ccccn2)C(c2ccc(F)cc2)n2nc(-c3ccccc3)nc2N1. The van der Waals surface area contributed by atoms with E-state index in [9.17, 15) is 9.18 Å². The van der Waals surface area contributed by atoms with Gasteiger partial charge in [0.25, 0.3) is 5.91 Å². The van der Waals surface area contributed by atoms with E-state index in [1.54, 1.807) is 41.2 Å². The lowest BCUT2D eigenvalue weighted by atomic mass is 9.95. The van der Waals surface area contributed by atoms with Crippen LogP contribution in [-0.2, 0) is 4.79 Å². The molecule has 32 heavy (non-hydrogen) atoms. The number of carbonyl (C=O) groups is 1. The second kappa shape index (κ2) is 8.07. The zero-order valence-electron chi connectivity index (χ0n) is 17.2. The van der Waals surface area contributed by atoms with Gasteiger partial charge in [-0.1, -0.05) is 48.5 Å². The first kappa shape index (κ1) is 19.6. The number of benzene rings is 2. The van der Waals surface area contributed by atoms with Crippen molar-refractivity contribution in [1.29, 1.82) is 0 Å². The maximum atomic E-state index is 13.6. The first-order chi connectivity index (χ1) is 15.6. The molecule has 1 unspecified atom stereocenters. The van der Waals surface area contributed by atoms with Crippen LogP contribution < -0.4 is 10.6 Å². The van der Waals surface area contributed by atoms with E-state index in [0.29, 0.717) is 34.4 Å². The average molecular weight is 426 g/mol. The Kier molecular flexibility index (Phi) is 4.95. The third-order valence-corrected chi connectivity index (χ3v) is 5.22. The summed E-state index contributed by atoms with van der Waals surface area (Å²) in [6, 6.07) is 20.3. The summed E-state index contributed by atoms with van der Waals surface area (Å²) in [7, 11) is 0. The molecule has 1 aliphatic rings. The van der Waals surface area contributed by atoms with Crippen molar-refractivity contribution < 1.29 is 9.18 Å². The third kappa shape index (κ3) is 3.62. The van der Waals surface area contributed by atoms with E-state index in [-0.39, 0.29) is 11.7 Å². The number of fused-ring (bicyclic) bond motifs is 1. The molecule has 1 amide bonds. The molecule has 4 aromatic rings. The summed E-state index contributed by atoms with van der Waals surface area (Å²) in [5.41, 5.74) is 2.64. The minimum atomic E-state index is -0.597. The van der Waals surface area contributed by atoms with E-state index in [4.69, 9.17) is 5.10 Å². The summed E-state index contributed by atoms with van der Waals surface area (Å²) in [4.78, 5) is 22.1. The highest BCUT2D eigenvalue weighted by molar-refractivity contribution is 6.05. The van der Waals surface area contributed by atoms with Crippen molar-refractivity contribution in [2.75, 3.05) is 10.6 Å². The van der Waals surface area contributed by atoms with Crippen LogP contribution in [0.5, 0.6) is 0 Å². The fourth-order valence-corrected chi connectivity index (χ4v) is 3.73. The predicted molar refractivity (Wildman–Crippen MR) is 119 cm³/mol. The second-order valence-corrected chi connectivity index (χ2v) is 7.36. The first-order valence-corrected chi connectivity index (χ1v) is 10.1. The number of nitrogens with one attached hydrogen (secondary N) is 2. The Balaban J connectivity index is 1.60. The number of amides is 1. The third-order valence-electron chi connectivity index (χ3n) is 5.22. The van der Waals surface area contributed by atoms with Crippen LogP contribution in [0.4, 0.5) is 16.2 Å². The van der Waals surface area contributed by atoms with E-state index in [1.807, 2.05) is 37.3 Å². The first-order valence-electron chi connectivity index (χ1n) is 10.1. The van der Waals surface area contributed by atoms with Gasteiger partial charge in [-0.3, -0.25) is 4.79 Å². The molecule has 158 valence electrons. The molecule has 0 spiro atoms. The van der Waals surface area contributed by atoms with E-state index in [2.05, 4.69) is 20.6 Å². The van der Waals surface area contributed by atoms with Gasteiger partial charge < -0.3 is 10.6 Å². The standard InChI is InChI=1S/C24H19FN6O/c1-15-20(23(32)28-19-9-5-6-14-26-19)21(16-10-12-18(25)13-11-16)31-24(27-15)29-22(30-31)17-7-3-2-4-8-17/h2-14,21H,1H3,(H,26,28,32)(H,27,29,30). The molecule has 7 nitrogen and oxygen atoms in total. The van der Waals surface area contributed by atoms with Crippen LogP contribution in [0, 0.1) is 5.82 Å². The molecule has 0 radical (unpaired) electrons. The van der Waals surface area contributed by atoms with Gasteiger partial charge in [0.2, 0.25) is 5.95 Å². The zero-order chi connectivity index (χ0) is 22.1. The second-order valence-electron chi connectivity index (χ2n) is 7.36. The Morgan fingerprint density at radius 1 is 1.03 bits per heavy atom. The highest BCUT2D eigenvalue weighted by Gasteiger charge is 2.34. The number of hydrogen-bond acceptors (Lipinski definition) is 5. The average Bonchev–Trinajstić information content (AvgIpc) is 3.23. The molecule has 0 bridgehead atoms. The number of pyridine rings is 1. The number of halogens is 1. The lowest BCUT2D eigenvalue weighted by Gasteiger charge is -2.28. The van der Waals surface area contributed by atoms with Gasteiger partial charge in [-0.15, -0.1) is 5.10 Å². The quantitative estimate of drug-likeness (QED) is 0.505. The number of nitrogens with zero attached hydrogens (tertiary/aromatic N) is 4. The normalized spacial score (nSPS) is 15.1. The van der Waals surface area contributed by atoms with Crippen LogP contribution >= 0.6 is 0 Å². The number of aromatic nitrogens is 4. The monoisotopic (exact) mass is 426 g/mol. The molecule has 2 N–H and O–H groups in total. The molecule has 1 aliphatic heterocycles. The molecule has 5 rings (SSSR count). The maximum absolute atomic E-state index is 13.6. The summed E-state index contributed by atoms with van der Waals surface area (Å²) in [6.07, 6.45) is 1.61. The summed E-state index contributed by atoms with van der Waals surface area (Å²) in [6.45, 7) is 1.81. The van der Waals surface area contributed by atoms with Gasteiger partial charge >= 0.3 is 0 Å². The van der Waals surface area contributed by atoms with E-state index in [1.165, 1.54) is 12.1 Å². The van der Waals surface area contributed by atoms with Gasteiger partial charge in [-0.25, -0.2) is 14.1 Å². The number of rotatable bonds is 4. The fourth-order valence-electron chi connectivity index (χ4n) is 3.73. The Hall–Kier alpha value is -4.33. The Morgan fingerprint density at radius 2 is 1.78 bits per heavy atom. The van der Waals surface area contributed by atoms with Crippen molar-refractivity contribution in [2.45, 2.75) is 13.0 Å². The van der Waals surface area contributed by atoms with Gasteiger partial charge in [0, 0.05) is 17.5 Å². The Labute approximate surface area is 183 Å². The van der Waals surface area contributed by atoms with Crippen LogP contribution in [0.1, 0.15) is 18.5 Å².